The molecule has 0 atom stereocenters. The summed E-state index contributed by atoms with van der Waals surface area (Å²) < 4.78 is 47.7. The largest absolute Gasteiger partial charge is 0.465 e. The molecule has 1 fully saturated rings. The van der Waals surface area contributed by atoms with Gasteiger partial charge in [0.05, 0.1) is 17.2 Å². The van der Waals surface area contributed by atoms with Crippen molar-refractivity contribution in [2.45, 2.75) is 6.42 Å². The molecule has 1 aliphatic heterocycles. The molecule has 2 aromatic carbocycles. The molecule has 9 nitrogen and oxygen atoms in total. The second-order valence-corrected chi connectivity index (χ2v) is 10.9. The average Bonchev–Trinajstić information content (AvgIpc) is 2.83. The molecule has 0 spiro atoms. The van der Waals surface area contributed by atoms with Gasteiger partial charge in [-0.25, -0.2) is 18.3 Å². The summed E-state index contributed by atoms with van der Waals surface area (Å²) in [7, 11) is -2.53. The van der Waals surface area contributed by atoms with Crippen molar-refractivity contribution in [3.8, 4) is 5.69 Å². The van der Waals surface area contributed by atoms with Crippen molar-refractivity contribution in [1.29, 1.82) is 0 Å². The second kappa shape index (κ2) is 10.7. The van der Waals surface area contributed by atoms with E-state index < -0.39 is 28.3 Å². The van der Waals surface area contributed by atoms with Crippen LogP contribution in [0.3, 0.4) is 0 Å². The summed E-state index contributed by atoms with van der Waals surface area (Å²) in [6, 6.07) is 11.3. The summed E-state index contributed by atoms with van der Waals surface area (Å²) in [5, 5.41) is 14.0. The molecule has 0 aliphatic carbocycles. The van der Waals surface area contributed by atoms with E-state index in [2.05, 4.69) is 5.10 Å². The number of hydrogen-bond donors (Lipinski definition) is 3. The maximum atomic E-state index is 13.6. The molecule has 1 aliphatic rings. The Labute approximate surface area is 207 Å². The standard InChI is InChI=1S/C24H26F2N4O5S/c25-20-5-4-19(16-21(20)26)30-7-6-23(31)22(27-30)15-17-2-1-3-18(14-17)29(24(32)33)9-8-28-10-12-36(34,35)13-11-28/h1-7,14,16,34-35H,8-13,15H2,(H,32,33). The third-order valence-electron chi connectivity index (χ3n) is 5.98. The molecule has 1 aromatic heterocycles. The van der Waals surface area contributed by atoms with E-state index in [0.29, 0.717) is 30.9 Å². The Morgan fingerprint density at radius 1 is 1.06 bits per heavy atom. The van der Waals surface area contributed by atoms with Gasteiger partial charge in [-0.2, -0.15) is 15.7 Å². The highest BCUT2D eigenvalue weighted by Crippen LogP contribution is 2.40. The molecule has 0 unspecified atom stereocenters. The van der Waals surface area contributed by atoms with Gasteiger partial charge in [0.2, 0.25) is 5.43 Å². The predicted molar refractivity (Wildman–Crippen MR) is 133 cm³/mol. The Bertz CT molecular complexity index is 1310. The topological polar surface area (TPSA) is 119 Å². The zero-order chi connectivity index (χ0) is 25.9. The highest BCUT2D eigenvalue weighted by Gasteiger charge is 2.23. The first kappa shape index (κ1) is 25.8. The van der Waals surface area contributed by atoms with Crippen molar-refractivity contribution in [1.82, 2.24) is 14.7 Å². The first-order chi connectivity index (χ1) is 17.1. The molecule has 4 rings (SSSR count). The minimum Gasteiger partial charge on any atom is -0.465 e. The minimum absolute atomic E-state index is 0.106. The van der Waals surface area contributed by atoms with Crippen LogP contribution < -0.4 is 10.3 Å². The fourth-order valence-electron chi connectivity index (χ4n) is 3.93. The number of carbonyl (C=O) groups is 1. The molecule has 36 heavy (non-hydrogen) atoms. The van der Waals surface area contributed by atoms with E-state index in [4.69, 9.17) is 0 Å². The van der Waals surface area contributed by atoms with Crippen molar-refractivity contribution in [2.24, 2.45) is 0 Å². The number of amides is 1. The van der Waals surface area contributed by atoms with Crippen LogP contribution in [0.4, 0.5) is 19.3 Å². The number of benzene rings is 2. The van der Waals surface area contributed by atoms with E-state index in [1.165, 1.54) is 27.9 Å². The van der Waals surface area contributed by atoms with E-state index in [9.17, 15) is 32.6 Å². The molecule has 1 amide bonds. The van der Waals surface area contributed by atoms with Gasteiger partial charge in [-0.05, 0) is 29.8 Å². The van der Waals surface area contributed by atoms with Crippen LogP contribution in [0.5, 0.6) is 0 Å². The summed E-state index contributed by atoms with van der Waals surface area (Å²) in [5.41, 5.74) is 1.15. The van der Waals surface area contributed by atoms with E-state index >= 15 is 0 Å². The third kappa shape index (κ3) is 6.26. The fourth-order valence-corrected chi connectivity index (χ4v) is 5.24. The summed E-state index contributed by atoms with van der Waals surface area (Å²) in [6.45, 7) is 1.59. The molecule has 3 N–H and O–H groups in total. The number of aromatic nitrogens is 2. The highest BCUT2D eigenvalue weighted by atomic mass is 32.3. The molecule has 0 bridgehead atoms. The van der Waals surface area contributed by atoms with Crippen LogP contribution in [-0.2, 0) is 6.42 Å². The van der Waals surface area contributed by atoms with E-state index in [-0.39, 0.29) is 41.3 Å². The summed E-state index contributed by atoms with van der Waals surface area (Å²) in [4.78, 5) is 27.6. The van der Waals surface area contributed by atoms with Gasteiger partial charge in [0, 0.05) is 56.6 Å². The van der Waals surface area contributed by atoms with Crippen molar-refractivity contribution in [3.63, 3.8) is 0 Å². The lowest BCUT2D eigenvalue weighted by Crippen LogP contribution is -2.43. The SMILES string of the molecule is O=C(O)N(CCN1CCS(O)(O)CC1)c1cccc(Cc2nn(-c3ccc(F)c(F)c3)ccc2=O)c1. The molecule has 0 saturated carbocycles. The van der Waals surface area contributed by atoms with Crippen molar-refractivity contribution in [3.05, 3.63) is 87.8 Å². The summed E-state index contributed by atoms with van der Waals surface area (Å²) >= 11 is 0. The molecule has 1 saturated heterocycles. The smallest absolute Gasteiger partial charge is 0.411 e. The normalized spacial score (nSPS) is 16.4. The Kier molecular flexibility index (Phi) is 7.69. The van der Waals surface area contributed by atoms with Crippen LogP contribution in [0.25, 0.3) is 5.69 Å². The monoisotopic (exact) mass is 520 g/mol. The second-order valence-electron chi connectivity index (χ2n) is 8.50. The number of halogens is 2. The molecular weight excluding hydrogens is 494 g/mol. The summed E-state index contributed by atoms with van der Waals surface area (Å²) in [5.74, 6) is -1.46. The molecular formula is C24H26F2N4O5S. The Hall–Kier alpha value is -3.32. The average molecular weight is 521 g/mol. The molecule has 3 aromatic rings. The first-order valence-corrected chi connectivity index (χ1v) is 13.1. The predicted octanol–water partition coefficient (Wildman–Crippen LogP) is 3.65. The maximum absolute atomic E-state index is 13.6. The Balaban J connectivity index is 1.50. The van der Waals surface area contributed by atoms with Crippen molar-refractivity contribution >= 4 is 22.4 Å². The van der Waals surface area contributed by atoms with Crippen molar-refractivity contribution in [2.75, 3.05) is 42.6 Å². The number of nitrogens with zero attached hydrogens (tertiary/aromatic N) is 4. The van der Waals surface area contributed by atoms with Crippen LogP contribution in [0.1, 0.15) is 11.3 Å². The lowest BCUT2D eigenvalue weighted by Gasteiger charge is -2.41. The molecule has 192 valence electrons. The zero-order valence-corrected chi connectivity index (χ0v) is 20.1. The molecule has 0 radical (unpaired) electrons. The Morgan fingerprint density at radius 3 is 2.50 bits per heavy atom. The van der Waals surface area contributed by atoms with Crippen LogP contribution >= 0.6 is 10.6 Å². The van der Waals surface area contributed by atoms with Crippen molar-refractivity contribution < 1.29 is 27.8 Å². The Morgan fingerprint density at radius 2 is 1.81 bits per heavy atom. The number of anilines is 1. The van der Waals surface area contributed by atoms with Gasteiger partial charge in [0.15, 0.2) is 11.6 Å². The van der Waals surface area contributed by atoms with E-state index in [1.807, 2.05) is 4.90 Å². The fraction of sp³-hybridized carbons (Fsp3) is 0.292. The molecule has 2 heterocycles. The van der Waals surface area contributed by atoms with Gasteiger partial charge in [-0.15, -0.1) is 0 Å². The van der Waals surface area contributed by atoms with Gasteiger partial charge in [-0.3, -0.25) is 23.7 Å². The van der Waals surface area contributed by atoms with E-state index in [1.54, 1.807) is 24.3 Å². The summed E-state index contributed by atoms with van der Waals surface area (Å²) in [6.07, 6.45) is 0.335. The number of carboxylic acid groups (broad SMARTS) is 1. The third-order valence-corrected chi connectivity index (χ3v) is 7.65. The van der Waals surface area contributed by atoms with Gasteiger partial charge in [0.1, 0.15) is 5.69 Å². The lowest BCUT2D eigenvalue weighted by molar-refractivity contribution is 0.199. The van der Waals surface area contributed by atoms with Gasteiger partial charge < -0.3 is 5.11 Å². The maximum Gasteiger partial charge on any atom is 0.411 e. The first-order valence-electron chi connectivity index (χ1n) is 11.2. The van der Waals surface area contributed by atoms with Crippen LogP contribution in [-0.4, -0.2) is 72.7 Å². The number of hydrogen-bond acceptors (Lipinski definition) is 6. The number of rotatable bonds is 7. The van der Waals surface area contributed by atoms with Crippen LogP contribution in [0, 0.1) is 11.6 Å². The highest BCUT2D eigenvalue weighted by molar-refractivity contribution is 8.24. The van der Waals surface area contributed by atoms with Gasteiger partial charge >= 0.3 is 6.09 Å². The lowest BCUT2D eigenvalue weighted by atomic mass is 10.1. The van der Waals surface area contributed by atoms with Gasteiger partial charge in [-0.1, -0.05) is 12.1 Å². The van der Waals surface area contributed by atoms with Gasteiger partial charge in [0.25, 0.3) is 0 Å². The quantitative estimate of drug-likeness (QED) is 0.435. The van der Waals surface area contributed by atoms with E-state index in [0.717, 1.165) is 12.1 Å². The zero-order valence-electron chi connectivity index (χ0n) is 19.3. The van der Waals surface area contributed by atoms with Crippen LogP contribution in [0.15, 0.2) is 59.5 Å². The minimum atomic E-state index is -2.53. The van der Waals surface area contributed by atoms with Crippen LogP contribution in [0.2, 0.25) is 0 Å². The molecule has 12 heteroatoms.